The summed E-state index contributed by atoms with van der Waals surface area (Å²) >= 11 is 1.51. The fraction of sp³-hybridized carbons (Fsp3) is 0.259. The van der Waals surface area contributed by atoms with Crippen LogP contribution < -0.4 is 10.2 Å². The van der Waals surface area contributed by atoms with E-state index in [2.05, 4.69) is 62.2 Å². The quantitative estimate of drug-likeness (QED) is 0.389. The molecule has 1 fully saturated rings. The van der Waals surface area contributed by atoms with Gasteiger partial charge in [-0.3, -0.25) is 24.7 Å². The normalized spacial score (nSPS) is 20.4. The summed E-state index contributed by atoms with van der Waals surface area (Å²) in [6.07, 6.45) is 3.40. The van der Waals surface area contributed by atoms with Crippen molar-refractivity contribution in [2.24, 2.45) is 0 Å². The third kappa shape index (κ3) is 2.77. The van der Waals surface area contributed by atoms with Crippen molar-refractivity contribution < 1.29 is 14.4 Å². The van der Waals surface area contributed by atoms with Crippen molar-refractivity contribution in [3.63, 3.8) is 0 Å². The molecule has 5 heterocycles. The summed E-state index contributed by atoms with van der Waals surface area (Å²) in [5.41, 5.74) is 5.27. The van der Waals surface area contributed by atoms with E-state index in [4.69, 9.17) is 4.98 Å². The second-order valence-electron chi connectivity index (χ2n) is 10.2. The fourth-order valence-electron chi connectivity index (χ4n) is 5.42. The zero-order valence-corrected chi connectivity index (χ0v) is 20.9. The molecule has 7 nitrogen and oxygen atoms in total. The number of benzene rings is 1. The molecule has 1 saturated heterocycles. The number of amides is 4. The van der Waals surface area contributed by atoms with E-state index in [0.29, 0.717) is 0 Å². The van der Waals surface area contributed by atoms with Crippen LogP contribution in [0.15, 0.2) is 48.2 Å². The molecule has 8 heteroatoms. The number of barbiturate groups is 1. The van der Waals surface area contributed by atoms with E-state index >= 15 is 0 Å². The summed E-state index contributed by atoms with van der Waals surface area (Å²) in [6.45, 7) is 8.87. The number of nitrogens with one attached hydrogen (secondary N) is 1. The number of carbonyl (C=O) groups excluding carboxylic acids is 3. The van der Waals surface area contributed by atoms with Crippen LogP contribution in [0.1, 0.15) is 54.8 Å². The number of fused-ring (bicyclic) bond motifs is 4. The number of thiophene rings is 1. The molecule has 0 unspecified atom stereocenters. The predicted octanol–water partition coefficient (Wildman–Crippen LogP) is 4.98. The topological polar surface area (TPSA) is 82.6 Å². The number of carbonyl (C=O) groups is 3. The lowest BCUT2D eigenvalue weighted by molar-refractivity contribution is -0.129. The zero-order chi connectivity index (χ0) is 24.9. The molecule has 1 aromatic carbocycles. The number of pyridine rings is 1. The number of urea groups is 1. The van der Waals surface area contributed by atoms with Crippen molar-refractivity contribution in [3.8, 4) is 0 Å². The van der Waals surface area contributed by atoms with E-state index in [-0.39, 0.29) is 16.4 Å². The van der Waals surface area contributed by atoms with E-state index in [1.54, 1.807) is 6.08 Å². The van der Waals surface area contributed by atoms with Gasteiger partial charge >= 0.3 is 6.03 Å². The highest BCUT2D eigenvalue weighted by atomic mass is 32.1. The first-order chi connectivity index (χ1) is 16.5. The Morgan fingerprint density at radius 2 is 1.60 bits per heavy atom. The molecule has 0 aliphatic carbocycles. The maximum Gasteiger partial charge on any atom is 0.331 e. The minimum Gasteiger partial charge on any atom is -0.285 e. The molecule has 0 saturated carbocycles. The van der Waals surface area contributed by atoms with E-state index in [1.807, 2.05) is 18.3 Å². The lowest BCUT2D eigenvalue weighted by Crippen LogP contribution is -2.52. The van der Waals surface area contributed by atoms with Gasteiger partial charge in [-0.1, -0.05) is 52.0 Å². The maximum absolute atomic E-state index is 12.7. The monoisotopic (exact) mass is 484 g/mol. The summed E-state index contributed by atoms with van der Waals surface area (Å²) in [5.74, 6) is -0.394. The Morgan fingerprint density at radius 1 is 0.943 bits per heavy atom. The zero-order valence-electron chi connectivity index (χ0n) is 20.1. The first kappa shape index (κ1) is 21.7. The Morgan fingerprint density at radius 3 is 2.31 bits per heavy atom. The highest BCUT2D eigenvalue weighted by Crippen LogP contribution is 2.61. The molecule has 0 atom stereocenters. The maximum atomic E-state index is 12.7. The number of rotatable bonds is 1. The van der Waals surface area contributed by atoms with Crippen LogP contribution in [-0.2, 0) is 20.4 Å². The van der Waals surface area contributed by atoms with Crippen LogP contribution in [0, 0.1) is 0 Å². The number of aromatic nitrogens is 1. The molecule has 176 valence electrons. The van der Waals surface area contributed by atoms with Gasteiger partial charge in [-0.15, -0.1) is 11.3 Å². The summed E-state index contributed by atoms with van der Waals surface area (Å²) in [5, 5.41) is 3.24. The van der Waals surface area contributed by atoms with Gasteiger partial charge < -0.3 is 0 Å². The smallest absolute Gasteiger partial charge is 0.285 e. The second kappa shape index (κ2) is 6.88. The van der Waals surface area contributed by atoms with Crippen molar-refractivity contribution in [1.82, 2.24) is 15.2 Å². The largest absolute Gasteiger partial charge is 0.331 e. The van der Waals surface area contributed by atoms with Crippen LogP contribution in [0.3, 0.4) is 0 Å². The summed E-state index contributed by atoms with van der Waals surface area (Å²) < 4.78 is 0. The van der Waals surface area contributed by atoms with Crippen LogP contribution in [0.2, 0.25) is 0 Å². The number of anilines is 3. The molecule has 1 N–H and O–H groups in total. The molecule has 0 spiro atoms. The number of likely N-dealkylation sites (N-methyl/N-ethyl adjacent to an activating group) is 1. The molecule has 0 bridgehead atoms. The highest BCUT2D eigenvalue weighted by molar-refractivity contribution is 7.17. The number of imide groups is 2. The first-order valence-corrected chi connectivity index (χ1v) is 12.2. The van der Waals surface area contributed by atoms with E-state index in [1.165, 1.54) is 29.5 Å². The molecule has 35 heavy (non-hydrogen) atoms. The van der Waals surface area contributed by atoms with Gasteiger partial charge in [0.05, 0.1) is 5.69 Å². The van der Waals surface area contributed by atoms with E-state index < -0.39 is 17.8 Å². The van der Waals surface area contributed by atoms with Crippen molar-refractivity contribution in [1.29, 1.82) is 0 Å². The van der Waals surface area contributed by atoms with E-state index in [0.717, 1.165) is 37.4 Å². The third-order valence-corrected chi connectivity index (χ3v) is 8.54. The van der Waals surface area contributed by atoms with Crippen LogP contribution in [0.25, 0.3) is 6.08 Å². The Balaban J connectivity index is 1.59. The van der Waals surface area contributed by atoms with Gasteiger partial charge in [0.25, 0.3) is 11.8 Å². The molecular weight excluding hydrogens is 460 g/mol. The number of hydrogen-bond acceptors (Lipinski definition) is 6. The van der Waals surface area contributed by atoms with Crippen molar-refractivity contribution in [2.75, 3.05) is 11.9 Å². The van der Waals surface area contributed by atoms with Crippen molar-refractivity contribution >= 4 is 51.8 Å². The standard InChI is InChI=1S/C27H24N4O3S/c1-26(2)16-8-6-9-17-20(16)31(21-18(26)10-7-11-28-21)24-19(27(17,3)4)13-14(35-24)12-15-22(32)29-25(34)30(5)23(15)33/h6-13H,1-5H3,(H,29,32,34)/b15-12+. The van der Waals surface area contributed by atoms with Crippen molar-refractivity contribution in [3.05, 3.63) is 75.3 Å². The lowest BCUT2D eigenvalue weighted by atomic mass is 9.68. The first-order valence-electron chi connectivity index (χ1n) is 11.4. The Bertz CT molecular complexity index is 1510. The van der Waals surface area contributed by atoms with Crippen LogP contribution in [-0.4, -0.2) is 34.8 Å². The minimum absolute atomic E-state index is 0.0555. The summed E-state index contributed by atoms with van der Waals surface area (Å²) in [4.78, 5) is 45.7. The molecule has 3 aromatic rings. The molecule has 2 aromatic heterocycles. The average molecular weight is 485 g/mol. The van der Waals surface area contributed by atoms with Crippen LogP contribution in [0.4, 0.5) is 21.3 Å². The summed E-state index contributed by atoms with van der Waals surface area (Å²) in [6, 6.07) is 11.9. The van der Waals surface area contributed by atoms with Crippen molar-refractivity contribution in [2.45, 2.75) is 38.5 Å². The minimum atomic E-state index is -0.717. The van der Waals surface area contributed by atoms with Gasteiger partial charge in [0, 0.05) is 34.5 Å². The van der Waals surface area contributed by atoms with Gasteiger partial charge in [0.2, 0.25) is 0 Å². The van der Waals surface area contributed by atoms with Crippen LogP contribution >= 0.6 is 11.3 Å². The van der Waals surface area contributed by atoms with Gasteiger partial charge in [0.1, 0.15) is 16.4 Å². The fourth-order valence-corrected chi connectivity index (χ4v) is 6.69. The second-order valence-corrected chi connectivity index (χ2v) is 11.3. The molecule has 6 rings (SSSR count). The number of para-hydroxylation sites is 1. The Labute approximate surface area is 207 Å². The lowest BCUT2D eigenvalue weighted by Gasteiger charge is -2.47. The Hall–Kier alpha value is -3.78. The molecule has 4 amide bonds. The molecule has 3 aliphatic heterocycles. The number of hydrogen-bond donors (Lipinski definition) is 1. The van der Waals surface area contributed by atoms with Gasteiger partial charge in [-0.05, 0) is 34.9 Å². The Kier molecular flexibility index (Phi) is 4.27. The predicted molar refractivity (Wildman–Crippen MR) is 135 cm³/mol. The molecular formula is C27H24N4O3S. The third-order valence-electron chi connectivity index (χ3n) is 7.48. The van der Waals surface area contributed by atoms with E-state index in [9.17, 15) is 14.4 Å². The van der Waals surface area contributed by atoms with Crippen LogP contribution in [0.5, 0.6) is 0 Å². The average Bonchev–Trinajstić information content (AvgIpc) is 3.25. The molecule has 3 aliphatic rings. The number of nitrogens with zero attached hydrogens (tertiary/aromatic N) is 3. The van der Waals surface area contributed by atoms with Gasteiger partial charge in [0.15, 0.2) is 0 Å². The molecule has 0 radical (unpaired) electrons. The summed E-state index contributed by atoms with van der Waals surface area (Å²) in [7, 11) is 1.36. The van der Waals surface area contributed by atoms with Gasteiger partial charge in [-0.25, -0.2) is 9.78 Å². The van der Waals surface area contributed by atoms with Gasteiger partial charge in [-0.2, -0.15) is 0 Å². The highest BCUT2D eigenvalue weighted by Gasteiger charge is 2.46. The SMILES string of the molecule is CN1C(=O)NC(=O)/C(=C\c2cc3c(s2)N2c4ncccc4C(C)(C)c4cccc(c42)C3(C)C)C1=O.